The third-order valence-electron chi connectivity index (χ3n) is 3.57. The van der Waals surface area contributed by atoms with Gasteiger partial charge < -0.3 is 9.51 Å². The molecule has 1 saturated carbocycles. The number of hydrogen-bond donors (Lipinski definition) is 1. The molecule has 0 atom stereocenters. The molecule has 3 heteroatoms. The van der Waals surface area contributed by atoms with Gasteiger partial charge in [0, 0.05) is 24.0 Å². The maximum Gasteiger partial charge on any atom is 0.179 e. The summed E-state index contributed by atoms with van der Waals surface area (Å²) in [6.45, 7) is 0. The van der Waals surface area contributed by atoms with Crippen LogP contribution in [0.1, 0.15) is 43.7 Å². The SMILES string of the molecule is Oc1cccn2c(C3CCCCC3)cnc12. The van der Waals surface area contributed by atoms with Gasteiger partial charge >= 0.3 is 0 Å². The molecule has 0 amide bonds. The zero-order valence-electron chi connectivity index (χ0n) is 9.26. The summed E-state index contributed by atoms with van der Waals surface area (Å²) in [6, 6.07) is 3.56. The van der Waals surface area contributed by atoms with Gasteiger partial charge in [-0.25, -0.2) is 4.98 Å². The summed E-state index contributed by atoms with van der Waals surface area (Å²) in [5, 5.41) is 9.70. The normalized spacial score (nSPS) is 18.0. The number of aromatic nitrogens is 2. The van der Waals surface area contributed by atoms with Gasteiger partial charge in [0.15, 0.2) is 11.4 Å². The highest BCUT2D eigenvalue weighted by Crippen LogP contribution is 2.33. The Morgan fingerprint density at radius 1 is 1.25 bits per heavy atom. The molecule has 2 aromatic rings. The third kappa shape index (κ3) is 1.47. The van der Waals surface area contributed by atoms with E-state index in [1.54, 1.807) is 6.07 Å². The Balaban J connectivity index is 2.06. The van der Waals surface area contributed by atoms with Crippen LogP contribution in [0.5, 0.6) is 5.75 Å². The van der Waals surface area contributed by atoms with E-state index >= 15 is 0 Å². The quantitative estimate of drug-likeness (QED) is 0.795. The van der Waals surface area contributed by atoms with Crippen molar-refractivity contribution in [1.29, 1.82) is 0 Å². The average Bonchev–Trinajstić information content (AvgIpc) is 2.75. The Labute approximate surface area is 94.7 Å². The van der Waals surface area contributed by atoms with Crippen molar-refractivity contribution < 1.29 is 5.11 Å². The topological polar surface area (TPSA) is 37.5 Å². The predicted molar refractivity (Wildman–Crippen MR) is 62.7 cm³/mol. The molecule has 0 unspecified atom stereocenters. The van der Waals surface area contributed by atoms with E-state index in [9.17, 15) is 5.11 Å². The van der Waals surface area contributed by atoms with Crippen LogP contribution in [-0.4, -0.2) is 14.5 Å². The molecule has 0 saturated heterocycles. The number of fused-ring (bicyclic) bond motifs is 1. The average molecular weight is 216 g/mol. The molecular weight excluding hydrogens is 200 g/mol. The fraction of sp³-hybridized carbons (Fsp3) is 0.462. The summed E-state index contributed by atoms with van der Waals surface area (Å²) >= 11 is 0. The minimum atomic E-state index is 0.268. The van der Waals surface area contributed by atoms with E-state index in [0.29, 0.717) is 11.6 Å². The number of nitrogens with zero attached hydrogens (tertiary/aromatic N) is 2. The molecule has 0 aliphatic heterocycles. The Morgan fingerprint density at radius 3 is 2.88 bits per heavy atom. The second-order valence-electron chi connectivity index (χ2n) is 4.61. The Hall–Kier alpha value is -1.51. The molecule has 16 heavy (non-hydrogen) atoms. The van der Waals surface area contributed by atoms with Crippen molar-refractivity contribution >= 4 is 5.65 Å². The van der Waals surface area contributed by atoms with Gasteiger partial charge in [0.25, 0.3) is 0 Å². The number of aromatic hydroxyl groups is 1. The van der Waals surface area contributed by atoms with Crippen molar-refractivity contribution in [2.75, 3.05) is 0 Å². The molecule has 2 heterocycles. The largest absolute Gasteiger partial charge is 0.504 e. The van der Waals surface area contributed by atoms with E-state index in [-0.39, 0.29) is 5.75 Å². The van der Waals surface area contributed by atoms with Crippen LogP contribution in [0, 0.1) is 0 Å². The smallest absolute Gasteiger partial charge is 0.179 e. The van der Waals surface area contributed by atoms with Gasteiger partial charge in [0.1, 0.15) is 0 Å². The van der Waals surface area contributed by atoms with Crippen molar-refractivity contribution in [2.45, 2.75) is 38.0 Å². The van der Waals surface area contributed by atoms with E-state index in [0.717, 1.165) is 0 Å². The molecule has 3 nitrogen and oxygen atoms in total. The minimum Gasteiger partial charge on any atom is -0.504 e. The summed E-state index contributed by atoms with van der Waals surface area (Å²) < 4.78 is 2.03. The first-order valence-corrected chi connectivity index (χ1v) is 6.01. The van der Waals surface area contributed by atoms with Gasteiger partial charge in [-0.2, -0.15) is 0 Å². The summed E-state index contributed by atoms with van der Waals surface area (Å²) in [5.74, 6) is 0.884. The van der Waals surface area contributed by atoms with Gasteiger partial charge in [-0.1, -0.05) is 19.3 Å². The van der Waals surface area contributed by atoms with E-state index in [4.69, 9.17) is 0 Å². The fourth-order valence-corrected chi connectivity index (χ4v) is 2.72. The molecule has 1 N–H and O–H groups in total. The Kier molecular flexibility index (Phi) is 2.31. The second kappa shape index (κ2) is 3.81. The summed E-state index contributed by atoms with van der Waals surface area (Å²) in [4.78, 5) is 4.31. The van der Waals surface area contributed by atoms with Crippen molar-refractivity contribution in [3.8, 4) is 5.75 Å². The molecule has 2 aromatic heterocycles. The molecule has 1 aliphatic carbocycles. The van der Waals surface area contributed by atoms with Crippen LogP contribution in [0.25, 0.3) is 5.65 Å². The standard InChI is InChI=1S/C13H16N2O/c16-12-7-4-8-15-11(9-14-13(12)15)10-5-2-1-3-6-10/h4,7-10,16H,1-3,5-6H2. The number of hydrogen-bond acceptors (Lipinski definition) is 2. The molecule has 0 bridgehead atoms. The lowest BCUT2D eigenvalue weighted by Crippen LogP contribution is -2.06. The molecule has 3 rings (SSSR count). The van der Waals surface area contributed by atoms with Crippen molar-refractivity contribution in [2.24, 2.45) is 0 Å². The minimum absolute atomic E-state index is 0.268. The number of pyridine rings is 1. The first kappa shape index (κ1) is 9.70. The molecule has 0 aromatic carbocycles. The predicted octanol–water partition coefficient (Wildman–Crippen LogP) is 3.09. The van der Waals surface area contributed by atoms with Crippen LogP contribution < -0.4 is 0 Å². The van der Waals surface area contributed by atoms with Gasteiger partial charge in [-0.05, 0) is 25.0 Å². The second-order valence-corrected chi connectivity index (χ2v) is 4.61. The highest BCUT2D eigenvalue weighted by atomic mass is 16.3. The van der Waals surface area contributed by atoms with E-state index in [1.165, 1.54) is 37.8 Å². The van der Waals surface area contributed by atoms with E-state index < -0.39 is 0 Å². The maximum absolute atomic E-state index is 9.70. The van der Waals surface area contributed by atoms with Crippen molar-refractivity contribution in [3.63, 3.8) is 0 Å². The van der Waals surface area contributed by atoms with Gasteiger partial charge in [-0.3, -0.25) is 0 Å². The van der Waals surface area contributed by atoms with Crippen LogP contribution in [0.3, 0.4) is 0 Å². The summed E-state index contributed by atoms with van der Waals surface area (Å²) in [6.07, 6.45) is 10.4. The van der Waals surface area contributed by atoms with Crippen LogP contribution in [-0.2, 0) is 0 Å². The molecule has 0 radical (unpaired) electrons. The van der Waals surface area contributed by atoms with Gasteiger partial charge in [-0.15, -0.1) is 0 Å². The molecular formula is C13H16N2O. The number of imidazole rings is 1. The Bertz CT molecular complexity index is 498. The zero-order valence-corrected chi connectivity index (χ0v) is 9.26. The molecule has 84 valence electrons. The van der Waals surface area contributed by atoms with Crippen LogP contribution >= 0.6 is 0 Å². The molecule has 1 aliphatic rings. The molecule has 1 fully saturated rings. The fourth-order valence-electron chi connectivity index (χ4n) is 2.72. The zero-order chi connectivity index (χ0) is 11.0. The van der Waals surface area contributed by atoms with Gasteiger partial charge in [0.2, 0.25) is 0 Å². The van der Waals surface area contributed by atoms with Crippen LogP contribution in [0.15, 0.2) is 24.5 Å². The number of rotatable bonds is 1. The maximum atomic E-state index is 9.70. The first-order chi connectivity index (χ1) is 7.86. The van der Waals surface area contributed by atoms with Crippen molar-refractivity contribution in [3.05, 3.63) is 30.2 Å². The monoisotopic (exact) mass is 216 g/mol. The van der Waals surface area contributed by atoms with E-state index in [2.05, 4.69) is 4.98 Å². The lowest BCUT2D eigenvalue weighted by Gasteiger charge is -2.21. The van der Waals surface area contributed by atoms with Gasteiger partial charge in [0.05, 0.1) is 0 Å². The lowest BCUT2D eigenvalue weighted by molar-refractivity contribution is 0.434. The summed E-state index contributed by atoms with van der Waals surface area (Å²) in [5.41, 5.74) is 1.94. The van der Waals surface area contributed by atoms with Crippen LogP contribution in [0.2, 0.25) is 0 Å². The Morgan fingerprint density at radius 2 is 2.06 bits per heavy atom. The van der Waals surface area contributed by atoms with Crippen molar-refractivity contribution in [1.82, 2.24) is 9.38 Å². The first-order valence-electron chi connectivity index (χ1n) is 6.01. The van der Waals surface area contributed by atoms with Crippen LogP contribution in [0.4, 0.5) is 0 Å². The highest BCUT2D eigenvalue weighted by molar-refractivity contribution is 5.53. The lowest BCUT2D eigenvalue weighted by atomic mass is 9.87. The summed E-state index contributed by atoms with van der Waals surface area (Å²) in [7, 11) is 0. The molecule has 0 spiro atoms. The van der Waals surface area contributed by atoms with E-state index in [1.807, 2.05) is 22.9 Å². The highest BCUT2D eigenvalue weighted by Gasteiger charge is 2.19. The third-order valence-corrected chi connectivity index (χ3v) is 3.57.